The molecule has 2 fully saturated rings. The van der Waals surface area contributed by atoms with Crippen molar-refractivity contribution in [2.24, 2.45) is 0 Å². The minimum absolute atomic E-state index is 0.0263. The third kappa shape index (κ3) is 6.09. The molecular formula is C28H31ClFN5O2. The number of carbonyl (C=O) groups is 1. The number of hydrogen-bond acceptors (Lipinski definition) is 6. The Morgan fingerprint density at radius 3 is 2.70 bits per heavy atom. The lowest BCUT2D eigenvalue weighted by atomic mass is 9.79. The number of likely N-dealkylation sites (tertiary alicyclic amines) is 1. The van der Waals surface area contributed by atoms with Crippen molar-refractivity contribution in [1.29, 1.82) is 0 Å². The first-order valence-electron chi connectivity index (χ1n) is 12.7. The molecule has 5 rings (SSSR count). The quantitative estimate of drug-likeness (QED) is 0.350. The summed E-state index contributed by atoms with van der Waals surface area (Å²) in [6, 6.07) is 8.39. The number of nitrogens with zero attached hydrogens (tertiary/aromatic N) is 3. The summed E-state index contributed by atoms with van der Waals surface area (Å²) in [5.74, 6) is 0.303. The number of methoxy groups -OCH3 is 1. The Balaban J connectivity index is 1.35. The topological polar surface area (TPSA) is 79.4 Å². The van der Waals surface area contributed by atoms with E-state index in [2.05, 4.69) is 25.5 Å². The van der Waals surface area contributed by atoms with Crippen LogP contribution in [0.25, 0.3) is 10.9 Å². The predicted molar refractivity (Wildman–Crippen MR) is 145 cm³/mol. The highest BCUT2D eigenvalue weighted by Crippen LogP contribution is 2.42. The van der Waals surface area contributed by atoms with Gasteiger partial charge in [-0.3, -0.25) is 9.69 Å². The van der Waals surface area contributed by atoms with E-state index < -0.39 is 5.82 Å². The van der Waals surface area contributed by atoms with Crippen molar-refractivity contribution in [3.63, 3.8) is 0 Å². The first-order chi connectivity index (χ1) is 18.0. The van der Waals surface area contributed by atoms with Crippen molar-refractivity contribution in [3.8, 4) is 0 Å². The zero-order chi connectivity index (χ0) is 25.8. The molecule has 1 saturated carbocycles. The molecule has 1 aromatic heterocycles. The van der Waals surface area contributed by atoms with Gasteiger partial charge >= 0.3 is 0 Å². The van der Waals surface area contributed by atoms with Gasteiger partial charge < -0.3 is 15.4 Å². The van der Waals surface area contributed by atoms with E-state index in [-0.39, 0.29) is 10.9 Å². The molecule has 0 unspecified atom stereocenters. The summed E-state index contributed by atoms with van der Waals surface area (Å²) in [5.41, 5.74) is 3.25. The number of ether oxygens (including phenoxy) is 1. The second-order valence-corrected chi connectivity index (χ2v) is 10.1. The van der Waals surface area contributed by atoms with Gasteiger partial charge in [-0.25, -0.2) is 14.4 Å². The zero-order valence-corrected chi connectivity index (χ0v) is 21.6. The van der Waals surface area contributed by atoms with Crippen LogP contribution < -0.4 is 10.6 Å². The van der Waals surface area contributed by atoms with Crippen molar-refractivity contribution in [2.75, 3.05) is 37.4 Å². The molecular weight excluding hydrogens is 493 g/mol. The van der Waals surface area contributed by atoms with Gasteiger partial charge in [0.15, 0.2) is 0 Å². The van der Waals surface area contributed by atoms with E-state index in [1.54, 1.807) is 19.3 Å². The summed E-state index contributed by atoms with van der Waals surface area (Å²) in [6.45, 7) is 2.67. The van der Waals surface area contributed by atoms with E-state index in [9.17, 15) is 9.18 Å². The molecule has 0 atom stereocenters. The maximum absolute atomic E-state index is 13.6. The largest absolute Gasteiger partial charge is 0.381 e. The molecule has 1 saturated heterocycles. The average Bonchev–Trinajstić information content (AvgIpc) is 2.86. The third-order valence-corrected chi connectivity index (χ3v) is 7.58. The number of fused-ring (bicyclic) bond motifs is 1. The summed E-state index contributed by atoms with van der Waals surface area (Å²) in [5, 5.41) is 7.08. The average molecular weight is 524 g/mol. The Bertz CT molecular complexity index is 1310. The van der Waals surface area contributed by atoms with Gasteiger partial charge in [-0.2, -0.15) is 0 Å². The van der Waals surface area contributed by atoms with E-state index >= 15 is 0 Å². The van der Waals surface area contributed by atoms with Crippen LogP contribution in [0, 0.1) is 5.82 Å². The molecule has 1 aliphatic carbocycles. The fourth-order valence-corrected chi connectivity index (χ4v) is 5.09. The third-order valence-electron chi connectivity index (χ3n) is 7.29. The second-order valence-electron chi connectivity index (χ2n) is 9.69. The highest BCUT2D eigenvalue weighted by atomic mass is 35.5. The van der Waals surface area contributed by atoms with Crippen LogP contribution >= 0.6 is 11.6 Å². The lowest BCUT2D eigenvalue weighted by Crippen LogP contribution is -2.36. The minimum atomic E-state index is -0.484. The number of carbonyl (C=O) groups excluding carboxylic acids is 1. The van der Waals surface area contributed by atoms with Crippen molar-refractivity contribution in [2.45, 2.75) is 44.1 Å². The number of anilines is 3. The van der Waals surface area contributed by atoms with Crippen molar-refractivity contribution in [1.82, 2.24) is 14.9 Å². The maximum atomic E-state index is 13.6. The van der Waals surface area contributed by atoms with Crippen LogP contribution in [0.1, 0.15) is 43.6 Å². The van der Waals surface area contributed by atoms with Crippen molar-refractivity contribution in [3.05, 3.63) is 65.2 Å². The van der Waals surface area contributed by atoms with Gasteiger partial charge in [-0.05, 0) is 67.5 Å². The lowest BCUT2D eigenvalue weighted by molar-refractivity contribution is -0.111. The van der Waals surface area contributed by atoms with E-state index in [1.165, 1.54) is 24.9 Å². The van der Waals surface area contributed by atoms with Crippen LogP contribution in [0.5, 0.6) is 0 Å². The van der Waals surface area contributed by atoms with Crippen molar-refractivity contribution < 1.29 is 13.9 Å². The number of benzene rings is 2. The molecule has 194 valence electrons. The molecule has 37 heavy (non-hydrogen) atoms. The first-order valence-corrected chi connectivity index (χ1v) is 13.1. The highest BCUT2D eigenvalue weighted by molar-refractivity contribution is 6.31. The van der Waals surface area contributed by atoms with Gasteiger partial charge in [0.1, 0.15) is 18.0 Å². The van der Waals surface area contributed by atoms with E-state index in [0.29, 0.717) is 23.5 Å². The van der Waals surface area contributed by atoms with Gasteiger partial charge in [0.05, 0.1) is 16.6 Å². The standard InChI is InChI=1S/C28H31ClFN5O2/c1-37-20-9-12-35(13-10-20)11-3-6-27(36)34-26-16-22-25(15-21(26)18-4-2-5-18)31-17-32-28(22)33-19-7-8-24(30)23(29)14-19/h3,6-8,14-18,20H,2,4-5,9-13H2,1H3,(H,34,36)(H,31,32,33). The fourth-order valence-electron chi connectivity index (χ4n) is 4.91. The molecule has 1 aliphatic heterocycles. The molecule has 2 heterocycles. The monoisotopic (exact) mass is 523 g/mol. The van der Waals surface area contributed by atoms with E-state index in [0.717, 1.165) is 67.5 Å². The molecule has 9 heteroatoms. The number of aromatic nitrogens is 2. The SMILES string of the molecule is COC1CCN(CC=CC(=O)Nc2cc3c(Nc4ccc(F)c(Cl)c4)ncnc3cc2C2CCC2)CC1. The number of amides is 1. The Kier molecular flexibility index (Phi) is 7.98. The van der Waals surface area contributed by atoms with Crippen LogP contribution in [0.2, 0.25) is 5.02 Å². The molecule has 3 aromatic rings. The summed E-state index contributed by atoms with van der Waals surface area (Å²) in [4.78, 5) is 24.1. The second kappa shape index (κ2) is 11.5. The molecule has 2 aliphatic rings. The van der Waals surface area contributed by atoms with Gasteiger partial charge in [0.2, 0.25) is 5.91 Å². The van der Waals surface area contributed by atoms with Crippen LogP contribution in [0.15, 0.2) is 48.8 Å². The van der Waals surface area contributed by atoms with Gasteiger partial charge in [0.25, 0.3) is 0 Å². The van der Waals surface area contributed by atoms with E-state index in [1.807, 2.05) is 18.2 Å². The van der Waals surface area contributed by atoms with Crippen LogP contribution in [-0.2, 0) is 9.53 Å². The summed E-state index contributed by atoms with van der Waals surface area (Å²) < 4.78 is 19.0. The van der Waals surface area contributed by atoms with Crippen LogP contribution in [-0.4, -0.2) is 53.6 Å². The fraction of sp³-hybridized carbons (Fsp3) is 0.393. The molecule has 0 radical (unpaired) electrons. The van der Waals surface area contributed by atoms with Gasteiger partial charge in [-0.15, -0.1) is 0 Å². The molecule has 7 nitrogen and oxygen atoms in total. The number of halogens is 2. The summed E-state index contributed by atoms with van der Waals surface area (Å²) in [7, 11) is 1.76. The number of hydrogen-bond donors (Lipinski definition) is 2. The zero-order valence-electron chi connectivity index (χ0n) is 20.8. The van der Waals surface area contributed by atoms with Gasteiger partial charge in [-0.1, -0.05) is 24.1 Å². The number of rotatable bonds is 8. The summed E-state index contributed by atoms with van der Waals surface area (Å²) >= 11 is 5.95. The van der Waals surface area contributed by atoms with Crippen molar-refractivity contribution >= 4 is 45.6 Å². The molecule has 2 N–H and O–H groups in total. The molecule has 0 spiro atoms. The Labute approximate surface area is 221 Å². The lowest BCUT2D eigenvalue weighted by Gasteiger charge is -2.30. The maximum Gasteiger partial charge on any atom is 0.248 e. The van der Waals surface area contributed by atoms with Crippen LogP contribution in [0.3, 0.4) is 0 Å². The number of nitrogens with one attached hydrogen (secondary N) is 2. The van der Waals surface area contributed by atoms with Crippen LogP contribution in [0.4, 0.5) is 21.6 Å². The normalized spacial score (nSPS) is 17.3. The Morgan fingerprint density at radius 2 is 2.00 bits per heavy atom. The molecule has 1 amide bonds. The minimum Gasteiger partial charge on any atom is -0.381 e. The Morgan fingerprint density at radius 1 is 1.19 bits per heavy atom. The first kappa shape index (κ1) is 25.6. The smallest absolute Gasteiger partial charge is 0.248 e. The Hall–Kier alpha value is -3.07. The molecule has 0 bridgehead atoms. The highest BCUT2D eigenvalue weighted by Gasteiger charge is 2.24. The predicted octanol–water partition coefficient (Wildman–Crippen LogP) is 6.04. The summed E-state index contributed by atoms with van der Waals surface area (Å²) in [6.07, 6.45) is 10.7. The van der Waals surface area contributed by atoms with E-state index in [4.69, 9.17) is 16.3 Å². The van der Waals surface area contributed by atoms with Gasteiger partial charge in [0, 0.05) is 49.6 Å². The number of piperidine rings is 1. The molecule has 2 aromatic carbocycles.